The second kappa shape index (κ2) is 7.36. The highest BCUT2D eigenvalue weighted by Gasteiger charge is 2.06. The molecule has 0 aliphatic rings. The van der Waals surface area contributed by atoms with Gasteiger partial charge in [-0.05, 0) is 36.6 Å². The molecule has 0 amide bonds. The van der Waals surface area contributed by atoms with Crippen molar-refractivity contribution in [1.82, 2.24) is 0 Å². The first-order valence-electron chi connectivity index (χ1n) is 6.23. The molecule has 0 aliphatic heterocycles. The van der Waals surface area contributed by atoms with Crippen molar-refractivity contribution in [2.45, 2.75) is 17.9 Å². The predicted molar refractivity (Wildman–Crippen MR) is 85.6 cm³/mol. The first-order valence-corrected chi connectivity index (χ1v) is 8.27. The zero-order valence-electron chi connectivity index (χ0n) is 11.5. The van der Waals surface area contributed by atoms with Crippen molar-refractivity contribution in [3.63, 3.8) is 0 Å². The highest BCUT2D eigenvalue weighted by molar-refractivity contribution is 7.98. The van der Waals surface area contributed by atoms with Crippen LogP contribution in [0.3, 0.4) is 0 Å². The van der Waals surface area contributed by atoms with Crippen LogP contribution in [0.1, 0.15) is 9.75 Å². The molecule has 0 unspecified atom stereocenters. The SMILES string of the molecule is COC(=O)Cc1ccc(CNc2cccc(SC)c2)s1. The van der Waals surface area contributed by atoms with E-state index < -0.39 is 0 Å². The summed E-state index contributed by atoms with van der Waals surface area (Å²) in [5.41, 5.74) is 1.11. The fraction of sp³-hybridized carbons (Fsp3) is 0.267. The molecule has 2 rings (SSSR count). The third-order valence-corrected chi connectivity index (χ3v) is 4.61. The number of thiophene rings is 1. The Hall–Kier alpha value is -1.46. The van der Waals surface area contributed by atoms with Gasteiger partial charge in [-0.3, -0.25) is 4.79 Å². The lowest BCUT2D eigenvalue weighted by atomic mass is 10.3. The van der Waals surface area contributed by atoms with Gasteiger partial charge in [0.25, 0.3) is 0 Å². The molecular formula is C15H17NO2S2. The van der Waals surface area contributed by atoms with Crippen molar-refractivity contribution in [1.29, 1.82) is 0 Å². The van der Waals surface area contributed by atoms with Gasteiger partial charge in [-0.1, -0.05) is 6.07 Å². The number of carbonyl (C=O) groups excluding carboxylic acids is 1. The molecule has 0 spiro atoms. The van der Waals surface area contributed by atoms with E-state index in [4.69, 9.17) is 0 Å². The summed E-state index contributed by atoms with van der Waals surface area (Å²) in [6, 6.07) is 12.4. The van der Waals surface area contributed by atoms with Crippen molar-refractivity contribution in [3.8, 4) is 0 Å². The zero-order valence-corrected chi connectivity index (χ0v) is 13.1. The number of carbonyl (C=O) groups is 1. The number of rotatable bonds is 6. The summed E-state index contributed by atoms with van der Waals surface area (Å²) in [6.07, 6.45) is 2.42. The largest absolute Gasteiger partial charge is 0.469 e. The van der Waals surface area contributed by atoms with E-state index in [1.165, 1.54) is 16.9 Å². The van der Waals surface area contributed by atoms with Crippen LogP contribution in [0.2, 0.25) is 0 Å². The van der Waals surface area contributed by atoms with Gasteiger partial charge in [-0.2, -0.15) is 0 Å². The number of hydrogen-bond donors (Lipinski definition) is 1. The Bertz CT molecular complexity index is 581. The number of anilines is 1. The molecule has 0 fully saturated rings. The van der Waals surface area contributed by atoms with Gasteiger partial charge >= 0.3 is 5.97 Å². The molecule has 0 aliphatic carbocycles. The highest BCUT2D eigenvalue weighted by atomic mass is 32.2. The molecule has 5 heteroatoms. The molecule has 0 saturated carbocycles. The Labute approximate surface area is 127 Å². The fourth-order valence-electron chi connectivity index (χ4n) is 1.75. The van der Waals surface area contributed by atoms with E-state index in [0.717, 1.165) is 17.1 Å². The standard InChI is InChI=1S/C15H17NO2S2/c1-18-15(17)9-13-6-7-14(20-13)10-16-11-4-3-5-12(8-11)19-2/h3-8,16H,9-10H2,1-2H3. The third kappa shape index (κ3) is 4.28. The minimum Gasteiger partial charge on any atom is -0.469 e. The van der Waals surface area contributed by atoms with E-state index in [1.807, 2.05) is 18.2 Å². The van der Waals surface area contributed by atoms with Gasteiger partial charge in [0.15, 0.2) is 0 Å². The Morgan fingerprint density at radius 1 is 1.30 bits per heavy atom. The number of esters is 1. The van der Waals surface area contributed by atoms with Crippen molar-refractivity contribution < 1.29 is 9.53 Å². The van der Waals surface area contributed by atoms with Crippen LogP contribution >= 0.6 is 23.1 Å². The van der Waals surface area contributed by atoms with Crippen LogP contribution in [0.4, 0.5) is 5.69 Å². The van der Waals surface area contributed by atoms with Crippen LogP contribution < -0.4 is 5.32 Å². The summed E-state index contributed by atoms with van der Waals surface area (Å²) < 4.78 is 4.67. The normalized spacial score (nSPS) is 10.3. The topological polar surface area (TPSA) is 38.3 Å². The summed E-state index contributed by atoms with van der Waals surface area (Å²) in [6.45, 7) is 0.768. The molecule has 20 heavy (non-hydrogen) atoms. The average molecular weight is 307 g/mol. The van der Waals surface area contributed by atoms with Gasteiger partial charge in [-0.15, -0.1) is 23.1 Å². The fourth-order valence-corrected chi connectivity index (χ4v) is 3.15. The number of benzene rings is 1. The minimum absolute atomic E-state index is 0.195. The Morgan fingerprint density at radius 3 is 2.85 bits per heavy atom. The lowest BCUT2D eigenvalue weighted by molar-refractivity contribution is -0.139. The van der Waals surface area contributed by atoms with E-state index in [2.05, 4.69) is 34.5 Å². The maximum absolute atomic E-state index is 11.2. The number of nitrogens with one attached hydrogen (secondary N) is 1. The quantitative estimate of drug-likeness (QED) is 0.651. The lowest BCUT2D eigenvalue weighted by Gasteiger charge is -2.06. The van der Waals surface area contributed by atoms with Crippen LogP contribution in [-0.2, 0) is 22.5 Å². The van der Waals surface area contributed by atoms with Gasteiger partial charge in [-0.25, -0.2) is 0 Å². The summed E-state index contributed by atoms with van der Waals surface area (Å²) in [7, 11) is 1.41. The zero-order chi connectivity index (χ0) is 14.4. The Balaban J connectivity index is 1.92. The van der Waals surface area contributed by atoms with Crippen LogP contribution in [0.5, 0.6) is 0 Å². The number of ether oxygens (including phenoxy) is 1. The summed E-state index contributed by atoms with van der Waals surface area (Å²) in [5.74, 6) is -0.195. The van der Waals surface area contributed by atoms with E-state index >= 15 is 0 Å². The monoisotopic (exact) mass is 307 g/mol. The molecule has 0 bridgehead atoms. The van der Waals surface area contributed by atoms with Crippen LogP contribution in [-0.4, -0.2) is 19.3 Å². The first kappa shape index (κ1) is 14.9. The molecule has 1 aromatic carbocycles. The molecule has 106 valence electrons. The van der Waals surface area contributed by atoms with Crippen LogP contribution in [0.25, 0.3) is 0 Å². The molecule has 3 nitrogen and oxygen atoms in total. The smallest absolute Gasteiger partial charge is 0.310 e. The molecule has 0 saturated heterocycles. The summed E-state index contributed by atoms with van der Waals surface area (Å²) in [4.78, 5) is 14.7. The van der Waals surface area contributed by atoms with Gasteiger partial charge in [0, 0.05) is 26.9 Å². The van der Waals surface area contributed by atoms with E-state index in [9.17, 15) is 4.79 Å². The summed E-state index contributed by atoms with van der Waals surface area (Å²) in [5, 5.41) is 3.40. The molecule has 1 heterocycles. The van der Waals surface area contributed by atoms with E-state index in [-0.39, 0.29) is 5.97 Å². The van der Waals surface area contributed by atoms with Crippen LogP contribution in [0, 0.1) is 0 Å². The van der Waals surface area contributed by atoms with Gasteiger partial charge in [0.2, 0.25) is 0 Å². The second-order valence-electron chi connectivity index (χ2n) is 4.21. The van der Waals surface area contributed by atoms with Crippen molar-refractivity contribution >= 4 is 34.8 Å². The van der Waals surface area contributed by atoms with Crippen molar-refractivity contribution in [3.05, 3.63) is 46.2 Å². The van der Waals surface area contributed by atoms with Gasteiger partial charge in [0.1, 0.15) is 0 Å². The molecule has 2 aromatic rings. The maximum atomic E-state index is 11.2. The minimum atomic E-state index is -0.195. The molecule has 0 atom stereocenters. The molecule has 0 radical (unpaired) electrons. The summed E-state index contributed by atoms with van der Waals surface area (Å²) >= 11 is 3.37. The van der Waals surface area contributed by atoms with E-state index in [0.29, 0.717) is 6.42 Å². The highest BCUT2D eigenvalue weighted by Crippen LogP contribution is 2.22. The molecular weight excluding hydrogens is 290 g/mol. The lowest BCUT2D eigenvalue weighted by Crippen LogP contribution is -2.02. The molecule has 1 N–H and O–H groups in total. The first-order chi connectivity index (χ1) is 9.71. The average Bonchev–Trinajstić information content (AvgIpc) is 2.92. The third-order valence-electron chi connectivity index (χ3n) is 2.80. The van der Waals surface area contributed by atoms with Crippen LogP contribution in [0.15, 0.2) is 41.3 Å². The number of thioether (sulfide) groups is 1. The maximum Gasteiger partial charge on any atom is 0.310 e. The second-order valence-corrected chi connectivity index (χ2v) is 6.34. The van der Waals surface area contributed by atoms with Crippen molar-refractivity contribution in [2.75, 3.05) is 18.7 Å². The van der Waals surface area contributed by atoms with Gasteiger partial charge in [0.05, 0.1) is 13.5 Å². The van der Waals surface area contributed by atoms with Gasteiger partial charge < -0.3 is 10.1 Å². The Morgan fingerprint density at radius 2 is 2.10 bits per heavy atom. The molecule has 1 aromatic heterocycles. The Kier molecular flexibility index (Phi) is 5.49. The number of methoxy groups -OCH3 is 1. The number of hydrogen-bond acceptors (Lipinski definition) is 5. The van der Waals surface area contributed by atoms with E-state index in [1.54, 1.807) is 23.1 Å². The van der Waals surface area contributed by atoms with Crippen molar-refractivity contribution in [2.24, 2.45) is 0 Å². The predicted octanol–water partition coefficient (Wildman–Crippen LogP) is 3.80.